The van der Waals surface area contributed by atoms with Crippen molar-refractivity contribution >= 4 is 21.4 Å². The number of nitrogens with one attached hydrogen (secondary N) is 1. The molecule has 1 saturated heterocycles. The van der Waals surface area contributed by atoms with Gasteiger partial charge in [-0.1, -0.05) is 12.1 Å². The van der Waals surface area contributed by atoms with Gasteiger partial charge in [0.2, 0.25) is 10.0 Å². The van der Waals surface area contributed by atoms with E-state index in [-0.39, 0.29) is 23.3 Å². The summed E-state index contributed by atoms with van der Waals surface area (Å²) in [5.41, 5.74) is 0.879. The van der Waals surface area contributed by atoms with E-state index in [4.69, 9.17) is 4.74 Å². The van der Waals surface area contributed by atoms with Crippen LogP contribution in [0.1, 0.15) is 17.5 Å². The minimum absolute atomic E-state index is 0.0270. The molecule has 1 fully saturated rings. The molecule has 0 bridgehead atoms. The number of benzene rings is 1. The van der Waals surface area contributed by atoms with E-state index < -0.39 is 10.0 Å². The lowest BCUT2D eigenvalue weighted by molar-refractivity contribution is 0.184. The molecule has 0 spiro atoms. The molecule has 142 valence electrons. The second-order valence-electron chi connectivity index (χ2n) is 6.10. The van der Waals surface area contributed by atoms with Gasteiger partial charge in [0.25, 0.3) is 0 Å². The Labute approximate surface area is 159 Å². The van der Waals surface area contributed by atoms with E-state index in [1.165, 1.54) is 29.8 Å². The summed E-state index contributed by atoms with van der Waals surface area (Å²) in [6, 6.07) is 6.41. The van der Waals surface area contributed by atoms with Crippen molar-refractivity contribution in [3.8, 4) is 11.3 Å². The van der Waals surface area contributed by atoms with Crippen LogP contribution in [0.5, 0.6) is 0 Å². The van der Waals surface area contributed by atoms with Gasteiger partial charge in [-0.3, -0.25) is 4.68 Å². The molecular weight excluding hydrogens is 391 g/mol. The number of nitrogens with zero attached hydrogens (tertiary/aromatic N) is 3. The maximum absolute atomic E-state index is 13.8. The standard InChI is InChI=1S/C17H17FN4O3S2/c18-15-4-2-1-3-14(15)16-11-26-17(21-16)8-20-27(23,24)13-7-19-22(9-13)12-5-6-25-10-12/h1-4,7,9,11-12,20H,5-6,8,10H2/t12-/m1/s1. The first kappa shape index (κ1) is 18.2. The van der Waals surface area contributed by atoms with Gasteiger partial charge < -0.3 is 4.74 Å². The van der Waals surface area contributed by atoms with Crippen LogP contribution in [0.4, 0.5) is 4.39 Å². The second-order valence-corrected chi connectivity index (χ2v) is 8.81. The van der Waals surface area contributed by atoms with Crippen molar-refractivity contribution in [2.24, 2.45) is 0 Å². The Morgan fingerprint density at radius 3 is 3.00 bits per heavy atom. The van der Waals surface area contributed by atoms with Gasteiger partial charge >= 0.3 is 0 Å². The van der Waals surface area contributed by atoms with Gasteiger partial charge in [-0.2, -0.15) is 5.10 Å². The number of ether oxygens (including phenoxy) is 1. The summed E-state index contributed by atoms with van der Waals surface area (Å²) in [4.78, 5) is 4.42. The topological polar surface area (TPSA) is 86.1 Å². The first-order valence-corrected chi connectivity index (χ1v) is 10.7. The fourth-order valence-corrected chi connectivity index (χ4v) is 4.57. The summed E-state index contributed by atoms with van der Waals surface area (Å²) in [6.45, 7) is 1.21. The summed E-state index contributed by atoms with van der Waals surface area (Å²) in [6.07, 6.45) is 3.65. The van der Waals surface area contributed by atoms with E-state index in [1.54, 1.807) is 28.3 Å². The van der Waals surface area contributed by atoms with Gasteiger partial charge in [-0.15, -0.1) is 11.3 Å². The van der Waals surface area contributed by atoms with E-state index in [0.29, 0.717) is 29.5 Å². The molecule has 1 aromatic carbocycles. The minimum Gasteiger partial charge on any atom is -0.379 e. The molecule has 0 aliphatic carbocycles. The molecule has 1 atom stereocenters. The Hall–Kier alpha value is -2.14. The van der Waals surface area contributed by atoms with E-state index in [0.717, 1.165) is 6.42 Å². The van der Waals surface area contributed by atoms with Crippen molar-refractivity contribution in [1.29, 1.82) is 0 Å². The van der Waals surface area contributed by atoms with Crippen LogP contribution >= 0.6 is 11.3 Å². The van der Waals surface area contributed by atoms with Gasteiger partial charge in [-0.05, 0) is 18.6 Å². The van der Waals surface area contributed by atoms with Crippen molar-refractivity contribution in [1.82, 2.24) is 19.5 Å². The molecule has 0 unspecified atom stereocenters. The predicted octanol–water partition coefficient (Wildman–Crippen LogP) is 2.59. The van der Waals surface area contributed by atoms with Crippen LogP contribution in [0, 0.1) is 5.82 Å². The Morgan fingerprint density at radius 1 is 1.37 bits per heavy atom. The van der Waals surface area contributed by atoms with Crippen LogP contribution in [0.15, 0.2) is 46.9 Å². The second kappa shape index (κ2) is 7.47. The van der Waals surface area contributed by atoms with E-state index >= 15 is 0 Å². The number of aromatic nitrogens is 3. The molecule has 3 aromatic rings. The first-order valence-electron chi connectivity index (χ1n) is 8.34. The molecule has 27 heavy (non-hydrogen) atoms. The summed E-state index contributed by atoms with van der Waals surface area (Å²) in [7, 11) is -3.71. The fraction of sp³-hybridized carbons (Fsp3) is 0.294. The molecule has 3 heterocycles. The van der Waals surface area contributed by atoms with Crippen molar-refractivity contribution in [2.75, 3.05) is 13.2 Å². The molecule has 10 heteroatoms. The molecular formula is C17H17FN4O3S2. The van der Waals surface area contributed by atoms with Gasteiger partial charge in [0, 0.05) is 23.7 Å². The van der Waals surface area contributed by atoms with Gasteiger partial charge in [0.05, 0.1) is 31.1 Å². The van der Waals surface area contributed by atoms with Crippen molar-refractivity contribution < 1.29 is 17.5 Å². The highest BCUT2D eigenvalue weighted by Gasteiger charge is 2.22. The zero-order chi connectivity index (χ0) is 18.9. The zero-order valence-corrected chi connectivity index (χ0v) is 15.8. The summed E-state index contributed by atoms with van der Waals surface area (Å²) >= 11 is 1.27. The average molecular weight is 408 g/mol. The molecule has 7 nitrogen and oxygen atoms in total. The monoisotopic (exact) mass is 408 g/mol. The van der Waals surface area contributed by atoms with Gasteiger partial charge in [0.1, 0.15) is 15.7 Å². The molecule has 0 saturated carbocycles. The van der Waals surface area contributed by atoms with Crippen LogP contribution in [-0.4, -0.2) is 36.4 Å². The molecule has 1 aliphatic heterocycles. The van der Waals surface area contributed by atoms with E-state index in [9.17, 15) is 12.8 Å². The van der Waals surface area contributed by atoms with Gasteiger partial charge in [-0.25, -0.2) is 22.5 Å². The Balaban J connectivity index is 1.44. The number of hydrogen-bond acceptors (Lipinski definition) is 6. The highest BCUT2D eigenvalue weighted by atomic mass is 32.2. The van der Waals surface area contributed by atoms with E-state index in [1.807, 2.05) is 0 Å². The third-order valence-electron chi connectivity index (χ3n) is 4.28. The lowest BCUT2D eigenvalue weighted by atomic mass is 10.2. The molecule has 0 amide bonds. The quantitative estimate of drug-likeness (QED) is 0.678. The first-order chi connectivity index (χ1) is 13.0. The van der Waals surface area contributed by atoms with Crippen LogP contribution in [0.2, 0.25) is 0 Å². The van der Waals surface area contributed by atoms with Crippen molar-refractivity contribution in [3.05, 3.63) is 52.9 Å². The predicted molar refractivity (Wildman–Crippen MR) is 98.2 cm³/mol. The van der Waals surface area contributed by atoms with Crippen molar-refractivity contribution in [3.63, 3.8) is 0 Å². The highest BCUT2D eigenvalue weighted by molar-refractivity contribution is 7.89. The lowest BCUT2D eigenvalue weighted by Gasteiger charge is -2.07. The SMILES string of the molecule is O=S(=O)(NCc1nc(-c2ccccc2F)cs1)c1cnn([C@@H]2CCOC2)c1. The normalized spacial score (nSPS) is 17.4. The molecule has 1 N–H and O–H groups in total. The summed E-state index contributed by atoms with van der Waals surface area (Å²) < 4.78 is 48.3. The van der Waals surface area contributed by atoms with E-state index in [2.05, 4.69) is 14.8 Å². The third kappa shape index (κ3) is 3.93. The summed E-state index contributed by atoms with van der Waals surface area (Å²) in [5.74, 6) is -0.363. The van der Waals surface area contributed by atoms with Crippen molar-refractivity contribution in [2.45, 2.75) is 23.9 Å². The number of sulfonamides is 1. The highest BCUT2D eigenvalue weighted by Crippen LogP contribution is 2.25. The maximum Gasteiger partial charge on any atom is 0.244 e. The molecule has 1 aliphatic rings. The molecule has 0 radical (unpaired) electrons. The third-order valence-corrected chi connectivity index (χ3v) is 6.49. The summed E-state index contributed by atoms with van der Waals surface area (Å²) in [5, 5.41) is 6.39. The minimum atomic E-state index is -3.71. The number of rotatable bonds is 6. The maximum atomic E-state index is 13.8. The molecule has 2 aromatic heterocycles. The van der Waals surface area contributed by atoms with Crippen LogP contribution < -0.4 is 4.72 Å². The van der Waals surface area contributed by atoms with Crippen LogP contribution in [0.25, 0.3) is 11.3 Å². The molecule has 4 rings (SSSR count). The van der Waals surface area contributed by atoms with Crippen LogP contribution in [0.3, 0.4) is 0 Å². The number of thiazole rings is 1. The van der Waals surface area contributed by atoms with Crippen LogP contribution in [-0.2, 0) is 21.3 Å². The number of hydrogen-bond donors (Lipinski definition) is 1. The smallest absolute Gasteiger partial charge is 0.244 e. The Bertz CT molecular complexity index is 1040. The average Bonchev–Trinajstić information content (AvgIpc) is 3.41. The zero-order valence-electron chi connectivity index (χ0n) is 14.2. The number of halogens is 1. The lowest BCUT2D eigenvalue weighted by Crippen LogP contribution is -2.23. The largest absolute Gasteiger partial charge is 0.379 e. The Morgan fingerprint density at radius 2 is 2.22 bits per heavy atom. The fourth-order valence-electron chi connectivity index (χ4n) is 2.81. The van der Waals surface area contributed by atoms with Gasteiger partial charge in [0.15, 0.2) is 0 Å². The Kier molecular flexibility index (Phi) is 5.04.